The number of carbonyl (C=O) groups excluding carboxylic acids is 2. The highest BCUT2D eigenvalue weighted by molar-refractivity contribution is 7.92. The molecule has 2 aromatic rings. The lowest BCUT2D eigenvalue weighted by Crippen LogP contribution is -2.37. The van der Waals surface area contributed by atoms with Gasteiger partial charge in [-0.15, -0.1) is 0 Å². The number of sulfonamides is 1. The van der Waals surface area contributed by atoms with Crippen LogP contribution in [0.3, 0.4) is 0 Å². The summed E-state index contributed by atoms with van der Waals surface area (Å²) in [5.41, 5.74) is 1.70. The molecule has 0 aliphatic rings. The second-order valence-corrected chi connectivity index (χ2v) is 7.60. The molecule has 0 unspecified atom stereocenters. The van der Waals surface area contributed by atoms with Crippen molar-refractivity contribution in [3.8, 4) is 0 Å². The van der Waals surface area contributed by atoms with Gasteiger partial charge in [-0.3, -0.25) is 9.10 Å². The van der Waals surface area contributed by atoms with Gasteiger partial charge in [-0.25, -0.2) is 13.2 Å². The Morgan fingerprint density at radius 2 is 1.81 bits per heavy atom. The van der Waals surface area contributed by atoms with E-state index < -0.39 is 28.4 Å². The molecule has 0 fully saturated rings. The van der Waals surface area contributed by atoms with Crippen LogP contribution in [0.1, 0.15) is 15.9 Å². The molecule has 0 heterocycles. The number of aryl methyl sites for hydroxylation is 1. The first-order valence-corrected chi connectivity index (χ1v) is 9.59. The fourth-order valence-corrected chi connectivity index (χ4v) is 3.23. The molecule has 0 aliphatic heterocycles. The van der Waals surface area contributed by atoms with Crippen LogP contribution in [0, 0.1) is 6.92 Å². The Morgan fingerprint density at radius 3 is 2.42 bits per heavy atom. The quantitative estimate of drug-likeness (QED) is 0.780. The summed E-state index contributed by atoms with van der Waals surface area (Å²) < 4.78 is 29.9. The molecule has 1 amide bonds. The molecule has 2 aromatic carbocycles. The zero-order valence-electron chi connectivity index (χ0n) is 14.7. The van der Waals surface area contributed by atoms with E-state index in [-0.39, 0.29) is 11.3 Å². The van der Waals surface area contributed by atoms with Crippen molar-refractivity contribution in [2.24, 2.45) is 0 Å². The summed E-state index contributed by atoms with van der Waals surface area (Å²) in [4.78, 5) is 24.2. The van der Waals surface area contributed by atoms with Gasteiger partial charge in [0.15, 0.2) is 0 Å². The number of anilines is 2. The lowest BCUT2D eigenvalue weighted by Gasteiger charge is -2.22. The van der Waals surface area contributed by atoms with Crippen LogP contribution < -0.4 is 9.62 Å². The molecular formula is C18H20N2O5S. The van der Waals surface area contributed by atoms with Gasteiger partial charge in [0.2, 0.25) is 15.9 Å². The number of para-hydroxylation sites is 1. The minimum Gasteiger partial charge on any atom is -0.465 e. The van der Waals surface area contributed by atoms with Crippen LogP contribution in [0.2, 0.25) is 0 Å². The standard InChI is InChI=1S/C18H20N2O5S/c1-13-7-6-8-14(11-13)20(26(3,23)24)12-17(21)19-16-10-5-4-9-15(16)18(22)25-2/h4-11H,12H2,1-3H3,(H,19,21). The molecule has 0 radical (unpaired) electrons. The summed E-state index contributed by atoms with van der Waals surface area (Å²) >= 11 is 0. The van der Waals surface area contributed by atoms with Gasteiger partial charge >= 0.3 is 5.97 Å². The predicted molar refractivity (Wildman–Crippen MR) is 99.8 cm³/mol. The van der Waals surface area contributed by atoms with Crippen LogP contribution in [0.15, 0.2) is 48.5 Å². The Hall–Kier alpha value is -2.87. The number of nitrogens with one attached hydrogen (secondary N) is 1. The van der Waals surface area contributed by atoms with E-state index in [1.54, 1.807) is 36.4 Å². The van der Waals surface area contributed by atoms with Crippen LogP contribution >= 0.6 is 0 Å². The van der Waals surface area contributed by atoms with Gasteiger partial charge < -0.3 is 10.1 Å². The minimum absolute atomic E-state index is 0.185. The first-order chi connectivity index (χ1) is 12.2. The summed E-state index contributed by atoms with van der Waals surface area (Å²) in [5.74, 6) is -1.17. The van der Waals surface area contributed by atoms with Gasteiger partial charge in [0.1, 0.15) is 6.54 Å². The Labute approximate surface area is 152 Å². The van der Waals surface area contributed by atoms with Crippen LogP contribution in [-0.2, 0) is 19.6 Å². The summed E-state index contributed by atoms with van der Waals surface area (Å²) in [6.45, 7) is 1.41. The molecule has 0 atom stereocenters. The Morgan fingerprint density at radius 1 is 1.12 bits per heavy atom. The molecule has 0 bridgehead atoms. The number of amides is 1. The van der Waals surface area contributed by atoms with E-state index in [0.717, 1.165) is 16.1 Å². The summed E-state index contributed by atoms with van der Waals surface area (Å²) in [6, 6.07) is 13.2. The van der Waals surface area contributed by atoms with Gasteiger partial charge in [-0.05, 0) is 36.8 Å². The van der Waals surface area contributed by atoms with E-state index in [1.165, 1.54) is 13.2 Å². The number of hydrogen-bond donors (Lipinski definition) is 1. The maximum absolute atomic E-state index is 12.4. The van der Waals surface area contributed by atoms with Crippen molar-refractivity contribution in [3.63, 3.8) is 0 Å². The molecule has 0 saturated carbocycles. The molecule has 2 rings (SSSR count). The molecule has 26 heavy (non-hydrogen) atoms. The second-order valence-electron chi connectivity index (χ2n) is 5.69. The molecule has 0 aliphatic carbocycles. The fraction of sp³-hybridized carbons (Fsp3) is 0.222. The maximum Gasteiger partial charge on any atom is 0.339 e. The van der Waals surface area contributed by atoms with Crippen molar-refractivity contribution < 1.29 is 22.7 Å². The lowest BCUT2D eigenvalue weighted by molar-refractivity contribution is -0.114. The molecule has 1 N–H and O–H groups in total. The van der Waals surface area contributed by atoms with Gasteiger partial charge in [0.25, 0.3) is 0 Å². The Kier molecular flexibility index (Phi) is 5.99. The topological polar surface area (TPSA) is 92.8 Å². The molecule has 0 spiro atoms. The van der Waals surface area contributed by atoms with E-state index in [0.29, 0.717) is 5.69 Å². The maximum atomic E-state index is 12.4. The van der Waals surface area contributed by atoms with Crippen molar-refractivity contribution >= 4 is 33.3 Å². The molecule has 0 aromatic heterocycles. The van der Waals surface area contributed by atoms with Crippen molar-refractivity contribution in [2.75, 3.05) is 29.5 Å². The number of ether oxygens (including phenoxy) is 1. The SMILES string of the molecule is COC(=O)c1ccccc1NC(=O)CN(c1cccc(C)c1)S(C)(=O)=O. The average molecular weight is 376 g/mol. The zero-order chi connectivity index (χ0) is 19.3. The number of methoxy groups -OCH3 is 1. The average Bonchev–Trinajstić information content (AvgIpc) is 2.58. The molecular weight excluding hydrogens is 356 g/mol. The number of nitrogens with zero attached hydrogens (tertiary/aromatic N) is 1. The number of rotatable bonds is 6. The van der Waals surface area contributed by atoms with Crippen molar-refractivity contribution in [3.05, 3.63) is 59.7 Å². The van der Waals surface area contributed by atoms with Gasteiger partial charge in [0.05, 0.1) is 30.3 Å². The summed E-state index contributed by atoms with van der Waals surface area (Å²) in [7, 11) is -2.43. The largest absolute Gasteiger partial charge is 0.465 e. The number of benzene rings is 2. The van der Waals surface area contributed by atoms with Gasteiger partial charge in [-0.2, -0.15) is 0 Å². The zero-order valence-corrected chi connectivity index (χ0v) is 15.5. The van der Waals surface area contributed by atoms with E-state index >= 15 is 0 Å². The van der Waals surface area contributed by atoms with E-state index in [2.05, 4.69) is 10.1 Å². The number of hydrogen-bond acceptors (Lipinski definition) is 5. The van der Waals surface area contributed by atoms with Crippen LogP contribution in [0.5, 0.6) is 0 Å². The van der Waals surface area contributed by atoms with Crippen molar-refractivity contribution in [1.29, 1.82) is 0 Å². The van der Waals surface area contributed by atoms with Gasteiger partial charge in [-0.1, -0.05) is 24.3 Å². The highest BCUT2D eigenvalue weighted by atomic mass is 32.2. The predicted octanol–water partition coefficient (Wildman–Crippen LogP) is 2.19. The number of carbonyl (C=O) groups is 2. The smallest absolute Gasteiger partial charge is 0.339 e. The second kappa shape index (κ2) is 8.01. The van der Waals surface area contributed by atoms with Gasteiger partial charge in [0, 0.05) is 0 Å². The minimum atomic E-state index is -3.67. The third-order valence-electron chi connectivity index (χ3n) is 3.58. The highest BCUT2D eigenvalue weighted by Crippen LogP contribution is 2.20. The third kappa shape index (κ3) is 4.82. The monoisotopic (exact) mass is 376 g/mol. The first-order valence-electron chi connectivity index (χ1n) is 7.74. The van der Waals surface area contributed by atoms with Crippen LogP contribution in [-0.4, -0.2) is 40.2 Å². The van der Waals surface area contributed by atoms with Crippen molar-refractivity contribution in [1.82, 2.24) is 0 Å². The fourth-order valence-electron chi connectivity index (χ4n) is 2.38. The lowest BCUT2D eigenvalue weighted by atomic mass is 10.2. The van der Waals surface area contributed by atoms with Crippen LogP contribution in [0.4, 0.5) is 11.4 Å². The number of esters is 1. The first kappa shape index (κ1) is 19.5. The Balaban J connectivity index is 2.26. The van der Waals surface area contributed by atoms with E-state index in [4.69, 9.17) is 0 Å². The normalized spacial score (nSPS) is 10.9. The summed E-state index contributed by atoms with van der Waals surface area (Å²) in [5, 5.41) is 2.57. The van der Waals surface area contributed by atoms with E-state index in [9.17, 15) is 18.0 Å². The van der Waals surface area contributed by atoms with E-state index in [1.807, 2.05) is 13.0 Å². The molecule has 8 heteroatoms. The third-order valence-corrected chi connectivity index (χ3v) is 4.72. The molecule has 138 valence electrons. The molecule has 0 saturated heterocycles. The summed E-state index contributed by atoms with van der Waals surface area (Å²) in [6.07, 6.45) is 1.03. The molecule has 7 nitrogen and oxygen atoms in total. The van der Waals surface area contributed by atoms with Crippen molar-refractivity contribution in [2.45, 2.75) is 6.92 Å². The Bertz CT molecular complexity index is 925. The highest BCUT2D eigenvalue weighted by Gasteiger charge is 2.22. The van der Waals surface area contributed by atoms with Crippen LogP contribution in [0.25, 0.3) is 0 Å².